The Morgan fingerprint density at radius 3 is 2.75 bits per heavy atom. The fraction of sp³-hybridized carbons (Fsp3) is 0.368. The molecule has 1 fully saturated rings. The number of aryl methyl sites for hydroxylation is 1. The standard InChI is InChI=1S/C19H22N2O3/c1-13-6-4-7-16(20-13)19(22)21-11-5-8-17(21)15-10-9-14(23-2)12-18(15)24-3/h4,6-7,9-10,12,17H,5,8,11H2,1-3H3/t17-/m0/s1. The Labute approximate surface area is 142 Å². The van der Waals surface area contributed by atoms with Gasteiger partial charge < -0.3 is 14.4 Å². The number of benzene rings is 1. The third-order valence-electron chi connectivity index (χ3n) is 4.42. The van der Waals surface area contributed by atoms with Gasteiger partial charge in [-0.3, -0.25) is 4.79 Å². The third-order valence-corrected chi connectivity index (χ3v) is 4.42. The summed E-state index contributed by atoms with van der Waals surface area (Å²) in [6.45, 7) is 2.62. The molecule has 24 heavy (non-hydrogen) atoms. The van der Waals surface area contributed by atoms with Crippen molar-refractivity contribution in [3.05, 3.63) is 53.3 Å². The summed E-state index contributed by atoms with van der Waals surface area (Å²) >= 11 is 0. The van der Waals surface area contributed by atoms with E-state index < -0.39 is 0 Å². The molecule has 126 valence electrons. The summed E-state index contributed by atoms with van der Waals surface area (Å²) in [5, 5.41) is 0. The van der Waals surface area contributed by atoms with Gasteiger partial charge in [0.15, 0.2) is 0 Å². The maximum absolute atomic E-state index is 12.9. The molecule has 2 aromatic rings. The van der Waals surface area contributed by atoms with Crippen LogP contribution in [0.1, 0.15) is 40.6 Å². The summed E-state index contributed by atoms with van der Waals surface area (Å²) in [5.74, 6) is 1.46. The molecule has 1 aromatic heterocycles. The minimum absolute atomic E-state index is 0.000619. The molecule has 1 aliphatic heterocycles. The average Bonchev–Trinajstić information content (AvgIpc) is 3.09. The van der Waals surface area contributed by atoms with Crippen LogP contribution in [0.25, 0.3) is 0 Å². The van der Waals surface area contributed by atoms with Gasteiger partial charge in [-0.2, -0.15) is 0 Å². The molecule has 5 nitrogen and oxygen atoms in total. The van der Waals surface area contributed by atoms with Crippen molar-refractivity contribution in [1.29, 1.82) is 0 Å². The lowest BCUT2D eigenvalue weighted by molar-refractivity contribution is 0.0728. The van der Waals surface area contributed by atoms with Crippen LogP contribution in [0.15, 0.2) is 36.4 Å². The number of methoxy groups -OCH3 is 2. The molecule has 1 aliphatic rings. The number of hydrogen-bond donors (Lipinski definition) is 0. The molecule has 0 unspecified atom stereocenters. The number of rotatable bonds is 4. The highest BCUT2D eigenvalue weighted by atomic mass is 16.5. The number of ether oxygens (including phenoxy) is 2. The first kappa shape index (κ1) is 16.3. The first-order valence-electron chi connectivity index (χ1n) is 8.10. The van der Waals surface area contributed by atoms with Gasteiger partial charge in [0.1, 0.15) is 17.2 Å². The van der Waals surface area contributed by atoms with Crippen molar-refractivity contribution < 1.29 is 14.3 Å². The van der Waals surface area contributed by atoms with E-state index in [1.165, 1.54) is 0 Å². The van der Waals surface area contributed by atoms with E-state index in [1.54, 1.807) is 20.3 Å². The van der Waals surface area contributed by atoms with Crippen LogP contribution in [0, 0.1) is 6.92 Å². The summed E-state index contributed by atoms with van der Waals surface area (Å²) in [7, 11) is 3.27. The van der Waals surface area contributed by atoms with Crippen LogP contribution in [-0.4, -0.2) is 36.6 Å². The first-order valence-corrected chi connectivity index (χ1v) is 8.10. The smallest absolute Gasteiger partial charge is 0.272 e. The molecule has 2 heterocycles. The Bertz CT molecular complexity index is 745. The van der Waals surface area contributed by atoms with Crippen molar-refractivity contribution in [3.8, 4) is 11.5 Å². The van der Waals surface area contributed by atoms with E-state index in [4.69, 9.17) is 9.47 Å². The van der Waals surface area contributed by atoms with Crippen LogP contribution in [0.3, 0.4) is 0 Å². The summed E-state index contributed by atoms with van der Waals surface area (Å²) in [6.07, 6.45) is 1.89. The molecule has 1 atom stereocenters. The highest BCUT2D eigenvalue weighted by Crippen LogP contribution is 2.39. The van der Waals surface area contributed by atoms with Crippen LogP contribution in [0.2, 0.25) is 0 Å². The lowest BCUT2D eigenvalue weighted by atomic mass is 10.0. The van der Waals surface area contributed by atoms with Crippen molar-refractivity contribution in [2.75, 3.05) is 20.8 Å². The molecule has 0 N–H and O–H groups in total. The lowest BCUT2D eigenvalue weighted by Crippen LogP contribution is -2.31. The molecule has 0 saturated carbocycles. The fourth-order valence-corrected chi connectivity index (χ4v) is 3.24. The van der Waals surface area contributed by atoms with Crippen LogP contribution >= 0.6 is 0 Å². The molecule has 1 aromatic carbocycles. The second kappa shape index (κ2) is 6.91. The minimum Gasteiger partial charge on any atom is -0.497 e. The molecule has 0 aliphatic carbocycles. The Morgan fingerprint density at radius 2 is 2.04 bits per heavy atom. The number of carbonyl (C=O) groups is 1. The number of pyridine rings is 1. The van der Waals surface area contributed by atoms with Crippen molar-refractivity contribution in [3.63, 3.8) is 0 Å². The first-order chi connectivity index (χ1) is 11.6. The van der Waals surface area contributed by atoms with Gasteiger partial charge >= 0.3 is 0 Å². The number of likely N-dealkylation sites (tertiary alicyclic amines) is 1. The minimum atomic E-state index is -0.0286. The molecule has 3 rings (SSSR count). The van der Waals surface area contributed by atoms with Gasteiger partial charge in [-0.05, 0) is 44.0 Å². The van der Waals surface area contributed by atoms with Crippen LogP contribution in [-0.2, 0) is 0 Å². The zero-order valence-corrected chi connectivity index (χ0v) is 14.3. The normalized spacial score (nSPS) is 17.0. The summed E-state index contributed by atoms with van der Waals surface area (Å²) in [4.78, 5) is 19.2. The van der Waals surface area contributed by atoms with Crippen molar-refractivity contribution >= 4 is 5.91 Å². The Balaban J connectivity index is 1.92. The van der Waals surface area contributed by atoms with Gasteiger partial charge in [-0.15, -0.1) is 0 Å². The maximum atomic E-state index is 12.9. The van der Waals surface area contributed by atoms with Gasteiger partial charge in [0.05, 0.1) is 20.3 Å². The number of amides is 1. The average molecular weight is 326 g/mol. The van der Waals surface area contributed by atoms with E-state index >= 15 is 0 Å². The van der Waals surface area contributed by atoms with Crippen LogP contribution in [0.5, 0.6) is 11.5 Å². The SMILES string of the molecule is COc1ccc([C@@H]2CCCN2C(=O)c2cccc(C)n2)c(OC)c1. The fourth-order valence-electron chi connectivity index (χ4n) is 3.24. The highest BCUT2D eigenvalue weighted by Gasteiger charge is 2.33. The molecule has 1 amide bonds. The number of nitrogens with zero attached hydrogens (tertiary/aromatic N) is 2. The van der Waals surface area contributed by atoms with Crippen LogP contribution < -0.4 is 9.47 Å². The van der Waals surface area contributed by atoms with Gasteiger partial charge in [-0.25, -0.2) is 4.98 Å². The van der Waals surface area contributed by atoms with E-state index in [-0.39, 0.29) is 11.9 Å². The molecular weight excluding hydrogens is 304 g/mol. The second-order valence-corrected chi connectivity index (χ2v) is 5.93. The quantitative estimate of drug-likeness (QED) is 0.864. The number of hydrogen-bond acceptors (Lipinski definition) is 4. The molecule has 5 heteroatoms. The van der Waals surface area contributed by atoms with Gasteiger partial charge in [-0.1, -0.05) is 6.07 Å². The van der Waals surface area contributed by atoms with Gasteiger partial charge in [0.2, 0.25) is 0 Å². The van der Waals surface area contributed by atoms with Crippen molar-refractivity contribution in [2.24, 2.45) is 0 Å². The molecule has 0 spiro atoms. The van der Waals surface area contributed by atoms with Gasteiger partial charge in [0.25, 0.3) is 5.91 Å². The number of aromatic nitrogens is 1. The second-order valence-electron chi connectivity index (χ2n) is 5.93. The van der Waals surface area contributed by atoms with E-state index in [0.29, 0.717) is 5.69 Å². The molecule has 1 saturated heterocycles. The van der Waals surface area contributed by atoms with Crippen molar-refractivity contribution in [2.45, 2.75) is 25.8 Å². The van der Waals surface area contributed by atoms with Gasteiger partial charge in [0, 0.05) is 23.9 Å². The van der Waals surface area contributed by atoms with Crippen molar-refractivity contribution in [1.82, 2.24) is 9.88 Å². The molecule has 0 bridgehead atoms. The van der Waals surface area contributed by atoms with E-state index in [9.17, 15) is 4.79 Å². The predicted octanol–water partition coefficient (Wildman–Crippen LogP) is 3.38. The predicted molar refractivity (Wildman–Crippen MR) is 91.5 cm³/mol. The summed E-state index contributed by atoms with van der Waals surface area (Å²) in [5.41, 5.74) is 2.35. The van der Waals surface area contributed by atoms with E-state index in [0.717, 1.165) is 42.1 Å². The zero-order chi connectivity index (χ0) is 17.1. The van der Waals surface area contributed by atoms with E-state index in [2.05, 4.69) is 4.98 Å². The molecule has 0 radical (unpaired) electrons. The Kier molecular flexibility index (Phi) is 4.69. The largest absolute Gasteiger partial charge is 0.497 e. The third kappa shape index (κ3) is 3.07. The number of carbonyl (C=O) groups excluding carboxylic acids is 1. The summed E-state index contributed by atoms with van der Waals surface area (Å²) < 4.78 is 10.8. The molecular formula is C19H22N2O3. The van der Waals surface area contributed by atoms with Crippen LogP contribution in [0.4, 0.5) is 0 Å². The monoisotopic (exact) mass is 326 g/mol. The lowest BCUT2D eigenvalue weighted by Gasteiger charge is -2.26. The summed E-state index contributed by atoms with van der Waals surface area (Å²) in [6, 6.07) is 11.3. The highest BCUT2D eigenvalue weighted by molar-refractivity contribution is 5.92. The zero-order valence-electron chi connectivity index (χ0n) is 14.3. The Hall–Kier alpha value is -2.56. The van der Waals surface area contributed by atoms with E-state index in [1.807, 2.05) is 42.2 Å². The maximum Gasteiger partial charge on any atom is 0.272 e. The Morgan fingerprint density at radius 1 is 1.21 bits per heavy atom. The topological polar surface area (TPSA) is 51.7 Å².